The number of nitrogens with zero attached hydrogens (tertiary/aromatic N) is 2. The second-order valence-electron chi connectivity index (χ2n) is 16.0. The minimum Gasteiger partial charge on any atom is -0.504 e. The van der Waals surface area contributed by atoms with Gasteiger partial charge in [-0.05, 0) is 50.1 Å². The number of aliphatic hydroxyl groups is 2. The molecular formula is C41H44N4O10S. The van der Waals surface area contributed by atoms with Crippen molar-refractivity contribution in [3.63, 3.8) is 0 Å². The van der Waals surface area contributed by atoms with Crippen molar-refractivity contribution in [2.24, 2.45) is 0 Å². The number of aromatic nitrogens is 1. The number of methoxy groups -OCH3 is 1. The first kappa shape index (κ1) is 35.9. The zero-order chi connectivity index (χ0) is 39.0. The molecule has 56 heavy (non-hydrogen) atoms. The molecule has 9 heterocycles. The fourth-order valence-corrected chi connectivity index (χ4v) is 12.5. The van der Waals surface area contributed by atoms with Crippen molar-refractivity contribution in [3.05, 3.63) is 75.0 Å². The van der Waals surface area contributed by atoms with Crippen LogP contribution in [0.4, 0.5) is 0 Å². The van der Waals surface area contributed by atoms with Crippen molar-refractivity contribution >= 4 is 34.6 Å². The molecule has 2 fully saturated rings. The minimum absolute atomic E-state index is 0.0102. The van der Waals surface area contributed by atoms with Gasteiger partial charge < -0.3 is 44.0 Å². The van der Waals surface area contributed by atoms with Crippen molar-refractivity contribution in [2.75, 3.05) is 46.5 Å². The van der Waals surface area contributed by atoms with Crippen molar-refractivity contribution in [1.29, 1.82) is 0 Å². The number of carbonyl (C=O) groups excluding carboxylic acids is 2. The van der Waals surface area contributed by atoms with E-state index in [-0.39, 0.29) is 44.5 Å². The highest BCUT2D eigenvalue weighted by Crippen LogP contribution is 2.65. The number of piperazine rings is 1. The van der Waals surface area contributed by atoms with Crippen LogP contribution in [0.5, 0.6) is 28.7 Å². The van der Waals surface area contributed by atoms with Gasteiger partial charge in [-0.15, -0.1) is 11.8 Å². The Bertz CT molecular complexity index is 2370. The SMILES string of the molecule is COc1c(C)cc2c(c1O)[C@H]1[C@@H]3[C@@H]4SC[C@]5(N[C@@H](CO)Cc6c5[nH]c5ccccc65)C(=O)OC[C@@H](c5c6c(c(C)c(OC(C)=O)c54)OCO6)N3C(O)(C2)CN1C. The lowest BCUT2D eigenvalue weighted by Gasteiger charge is -2.60. The van der Waals surface area contributed by atoms with Gasteiger partial charge in [0.1, 0.15) is 18.1 Å². The van der Waals surface area contributed by atoms with E-state index in [0.29, 0.717) is 57.4 Å². The number of aryl methyl sites for hydroxylation is 1. The number of likely N-dealkylation sites (N-methyl/N-ethyl adjacent to an activating group) is 1. The summed E-state index contributed by atoms with van der Waals surface area (Å²) in [6.07, 6.45) is 0.664. The summed E-state index contributed by atoms with van der Waals surface area (Å²) in [7, 11) is 3.47. The standard InChI is InChI=1S/C41H44N4O10S/c1-18-10-21-12-40(50)15-44(4)30(27(21)32(48)33(18)51-5)31-37-29-28(36-35(53-17-54-36)19(2)34(29)55-20(3)47)26(45(31)40)14-52-39(49)41(16-56-37)38-24(11-22(13-46)43-41)23-8-6-7-9-25(23)42-38/h6-10,22,26,30-31,37,42-43,46,48,50H,11-17H2,1-5H3/t22-,26+,30+,31-,37-,40?,41-/m1/s1. The quantitative estimate of drug-likeness (QED) is 0.151. The third kappa shape index (κ3) is 4.75. The molecule has 0 saturated carbocycles. The van der Waals surface area contributed by atoms with Gasteiger partial charge in [-0.1, -0.05) is 24.3 Å². The maximum atomic E-state index is 15.0. The van der Waals surface area contributed by atoms with E-state index in [4.69, 9.17) is 23.7 Å². The maximum Gasteiger partial charge on any atom is 0.333 e. The Labute approximate surface area is 327 Å². The summed E-state index contributed by atoms with van der Waals surface area (Å²) in [5.74, 6) is 0.674. The Morgan fingerprint density at radius 3 is 2.66 bits per heavy atom. The lowest BCUT2D eigenvalue weighted by atomic mass is 9.78. The van der Waals surface area contributed by atoms with E-state index in [1.165, 1.54) is 25.8 Å². The Balaban J connectivity index is 1.26. The number of phenols is 1. The van der Waals surface area contributed by atoms with Gasteiger partial charge in [0.2, 0.25) is 6.79 Å². The molecule has 4 bridgehead atoms. The topological polar surface area (TPSA) is 175 Å². The van der Waals surface area contributed by atoms with Gasteiger partial charge >= 0.3 is 11.9 Å². The monoisotopic (exact) mass is 784 g/mol. The summed E-state index contributed by atoms with van der Waals surface area (Å²) in [6, 6.07) is 7.51. The Hall–Kier alpha value is -4.51. The van der Waals surface area contributed by atoms with Crippen LogP contribution in [0, 0.1) is 13.8 Å². The number of para-hydroxylation sites is 1. The largest absolute Gasteiger partial charge is 0.504 e. The number of nitrogens with one attached hydrogen (secondary N) is 2. The van der Waals surface area contributed by atoms with Gasteiger partial charge in [-0.2, -0.15) is 0 Å². The summed E-state index contributed by atoms with van der Waals surface area (Å²) in [5, 5.41) is 39.8. The smallest absolute Gasteiger partial charge is 0.333 e. The van der Waals surface area contributed by atoms with Crippen LogP contribution in [0.3, 0.4) is 0 Å². The first-order chi connectivity index (χ1) is 26.9. The van der Waals surface area contributed by atoms with Gasteiger partial charge in [0.05, 0.1) is 36.7 Å². The van der Waals surface area contributed by atoms with E-state index in [0.717, 1.165) is 27.6 Å². The molecule has 0 aliphatic carbocycles. The van der Waals surface area contributed by atoms with E-state index < -0.39 is 52.6 Å². The summed E-state index contributed by atoms with van der Waals surface area (Å²) in [6.45, 7) is 4.80. The van der Waals surface area contributed by atoms with E-state index >= 15 is 0 Å². The fourth-order valence-electron chi connectivity index (χ4n) is 10.8. The van der Waals surface area contributed by atoms with Gasteiger partial charge in [-0.3, -0.25) is 19.9 Å². The number of aliphatic hydroxyl groups excluding tert-OH is 1. The average Bonchev–Trinajstić information content (AvgIpc) is 3.76. The minimum atomic E-state index is -1.52. The highest BCUT2D eigenvalue weighted by molar-refractivity contribution is 7.99. The number of rotatable bonds is 3. The number of aromatic hydroxyl groups is 1. The van der Waals surface area contributed by atoms with Crippen molar-refractivity contribution in [1.82, 2.24) is 20.1 Å². The van der Waals surface area contributed by atoms with Crippen LogP contribution in [0.1, 0.15) is 68.9 Å². The van der Waals surface area contributed by atoms with E-state index in [2.05, 4.69) is 20.1 Å². The lowest BCUT2D eigenvalue weighted by Crippen LogP contribution is -2.70. The second kappa shape index (κ2) is 12.5. The van der Waals surface area contributed by atoms with Crippen LogP contribution in [-0.4, -0.2) is 106 Å². The highest BCUT2D eigenvalue weighted by atomic mass is 32.2. The van der Waals surface area contributed by atoms with Crippen LogP contribution in [0.2, 0.25) is 0 Å². The normalized spacial score (nSPS) is 31.3. The number of fused-ring (bicyclic) bond motifs is 8. The molecule has 8 aliphatic heterocycles. The third-order valence-corrected chi connectivity index (χ3v) is 14.3. The number of aromatic amines is 1. The van der Waals surface area contributed by atoms with Crippen LogP contribution >= 0.6 is 11.8 Å². The highest BCUT2D eigenvalue weighted by Gasteiger charge is 2.64. The molecular weight excluding hydrogens is 741 g/mol. The molecule has 15 heteroatoms. The molecule has 0 radical (unpaired) electrons. The molecule has 3 aromatic carbocycles. The van der Waals surface area contributed by atoms with Crippen molar-refractivity contribution < 1.29 is 48.6 Å². The molecule has 8 atom stereocenters. The summed E-state index contributed by atoms with van der Waals surface area (Å²) >= 11 is 1.48. The first-order valence-electron chi connectivity index (χ1n) is 18.9. The maximum absolute atomic E-state index is 15.0. The molecule has 5 N–H and O–H groups in total. The predicted octanol–water partition coefficient (Wildman–Crippen LogP) is 3.54. The number of thioether (sulfide) groups is 1. The Morgan fingerprint density at radius 1 is 1.11 bits per heavy atom. The molecule has 1 aromatic heterocycles. The number of hydrogen-bond donors (Lipinski definition) is 5. The van der Waals surface area contributed by atoms with Crippen molar-refractivity contribution in [3.8, 4) is 28.7 Å². The molecule has 2 unspecified atom stereocenters. The van der Waals surface area contributed by atoms with Crippen LogP contribution in [0.25, 0.3) is 10.9 Å². The van der Waals surface area contributed by atoms with Crippen LogP contribution in [-0.2, 0) is 32.7 Å². The van der Waals surface area contributed by atoms with Gasteiger partial charge in [-0.25, -0.2) is 4.79 Å². The average molecular weight is 785 g/mol. The molecule has 2 saturated heterocycles. The molecule has 4 aromatic rings. The second-order valence-corrected chi connectivity index (χ2v) is 17.1. The third-order valence-electron chi connectivity index (χ3n) is 12.8. The lowest BCUT2D eigenvalue weighted by molar-refractivity contribution is -0.215. The number of hydrogen-bond acceptors (Lipinski definition) is 14. The van der Waals surface area contributed by atoms with Gasteiger partial charge in [0, 0.05) is 70.9 Å². The van der Waals surface area contributed by atoms with Crippen LogP contribution in [0.15, 0.2) is 30.3 Å². The summed E-state index contributed by atoms with van der Waals surface area (Å²) in [5.41, 5.74) is 3.60. The van der Waals surface area contributed by atoms with Gasteiger partial charge in [0.15, 0.2) is 28.5 Å². The Morgan fingerprint density at radius 2 is 1.89 bits per heavy atom. The Kier molecular flexibility index (Phi) is 8.00. The first-order valence-corrected chi connectivity index (χ1v) is 20.0. The summed E-state index contributed by atoms with van der Waals surface area (Å²) in [4.78, 5) is 35.6. The van der Waals surface area contributed by atoms with E-state index in [1.54, 1.807) is 0 Å². The molecule has 294 valence electrons. The zero-order valence-electron chi connectivity index (χ0n) is 31.7. The molecule has 12 rings (SSSR count). The van der Waals surface area contributed by atoms with E-state index in [1.807, 2.05) is 51.2 Å². The fraction of sp³-hybridized carbons (Fsp3) is 0.463. The number of H-pyrrole nitrogens is 1. The molecule has 14 nitrogen and oxygen atoms in total. The molecule has 8 aliphatic rings. The van der Waals surface area contributed by atoms with Crippen LogP contribution < -0.4 is 24.3 Å². The molecule has 1 spiro atoms. The molecule has 0 amide bonds. The number of ether oxygens (including phenoxy) is 5. The zero-order valence-corrected chi connectivity index (χ0v) is 32.5. The van der Waals surface area contributed by atoms with Crippen molar-refractivity contribution in [2.45, 2.75) is 74.3 Å². The number of carbonyl (C=O) groups is 2. The number of esters is 2. The van der Waals surface area contributed by atoms with E-state index in [9.17, 15) is 24.9 Å². The number of phenolic OH excluding ortho intramolecular Hbond substituents is 1. The summed E-state index contributed by atoms with van der Waals surface area (Å²) < 4.78 is 30.7. The number of benzene rings is 3. The van der Waals surface area contributed by atoms with Gasteiger partial charge in [0.25, 0.3) is 0 Å². The predicted molar refractivity (Wildman–Crippen MR) is 204 cm³/mol.